The second-order valence-corrected chi connectivity index (χ2v) is 18.1. The third-order valence-corrected chi connectivity index (χ3v) is 12.4. The Bertz CT molecular complexity index is 2020. The van der Waals surface area contributed by atoms with E-state index in [4.69, 9.17) is 50.1 Å². The van der Waals surface area contributed by atoms with Gasteiger partial charge in [0, 0.05) is 25.0 Å². The van der Waals surface area contributed by atoms with Gasteiger partial charge in [-0.05, 0) is 36.8 Å². The highest BCUT2D eigenvalue weighted by atomic mass is 35.5. The number of ether oxygens (including phenoxy) is 5. The Balaban J connectivity index is 1.63. The first kappa shape index (κ1) is 57.6. The summed E-state index contributed by atoms with van der Waals surface area (Å²) in [5.41, 5.74) is 3.90. The lowest BCUT2D eigenvalue weighted by atomic mass is 9.93. The average molecular weight is 1030 g/mol. The standard InChI is InChI=1S/C43H61ClF3N4O17P/c1-3-4-5-6-7-8-9-10-11-15-20-63-29(39(57)58)23-64-69(60,61)68-41-35(66-40-30(33(54)32(53)28(22-52)65-40)50-38(56)24-16-13-12-14-17-24)31(34(62-2)36(67-41)37(48)55)51-42(59)49-25-18-19-27(44)26(21-25)43(45,46)47/h12-14,16-19,21,28-36,40-41,52-54H,3-11,15,20,22-23H2,1-2H3,(H2,48,55)(H,50,56)(H,57,58)(H,60,61)(H2,49,51,59)/t28?,29-,30?,31?,32?,33?,34?,35?,36?,40?,41?/m1/s1. The van der Waals surface area contributed by atoms with Crippen molar-refractivity contribution in [2.45, 2.75) is 145 Å². The van der Waals surface area contributed by atoms with Crippen molar-refractivity contribution >= 4 is 48.9 Å². The molecule has 4 amide bonds. The van der Waals surface area contributed by atoms with Crippen molar-refractivity contribution < 1.29 is 95.0 Å². The molecule has 0 bridgehead atoms. The molecule has 2 aromatic rings. The molecule has 2 aliphatic rings. The van der Waals surface area contributed by atoms with Crippen LogP contribution in [0, 0.1) is 0 Å². The zero-order valence-electron chi connectivity index (χ0n) is 37.8. The van der Waals surface area contributed by atoms with Crippen LogP contribution in [0.5, 0.6) is 0 Å². The van der Waals surface area contributed by atoms with Crippen molar-refractivity contribution in [2.24, 2.45) is 5.73 Å². The Morgan fingerprint density at radius 1 is 0.884 bits per heavy atom. The highest BCUT2D eigenvalue weighted by molar-refractivity contribution is 7.47. The van der Waals surface area contributed by atoms with Gasteiger partial charge in [0.25, 0.3) is 5.91 Å². The predicted molar refractivity (Wildman–Crippen MR) is 237 cm³/mol. The summed E-state index contributed by atoms with van der Waals surface area (Å²) in [4.78, 5) is 63.1. The van der Waals surface area contributed by atoms with Gasteiger partial charge in [-0.15, -0.1) is 0 Å². The number of carbonyl (C=O) groups excluding carboxylic acids is 3. The molecule has 0 spiro atoms. The molecule has 2 heterocycles. The number of methoxy groups -OCH3 is 1. The van der Waals surface area contributed by atoms with Crippen molar-refractivity contribution in [3.05, 3.63) is 64.7 Å². The quantitative estimate of drug-likeness (QED) is 0.0447. The van der Waals surface area contributed by atoms with Crippen molar-refractivity contribution in [1.82, 2.24) is 10.6 Å². The van der Waals surface area contributed by atoms with Gasteiger partial charge in [0.2, 0.25) is 5.91 Å². The van der Waals surface area contributed by atoms with Crippen LogP contribution in [0.15, 0.2) is 48.5 Å². The number of anilines is 1. The number of urea groups is 1. The minimum absolute atomic E-state index is 0.0462. The number of halogens is 4. The van der Waals surface area contributed by atoms with Crippen LogP contribution < -0.4 is 21.7 Å². The normalized spacial score (nSPS) is 26.3. The number of carboxylic acids is 1. The number of amides is 4. The van der Waals surface area contributed by atoms with E-state index >= 15 is 0 Å². The van der Waals surface area contributed by atoms with Gasteiger partial charge in [-0.2, -0.15) is 13.2 Å². The van der Waals surface area contributed by atoms with Crippen LogP contribution in [0.1, 0.15) is 87.1 Å². The summed E-state index contributed by atoms with van der Waals surface area (Å²) in [6, 6.07) is 4.80. The second kappa shape index (κ2) is 27.6. The first-order valence-electron chi connectivity index (χ1n) is 22.3. The molecule has 4 rings (SSSR count). The molecule has 26 heteroatoms. The van der Waals surface area contributed by atoms with Crippen molar-refractivity contribution in [2.75, 3.05) is 32.2 Å². The van der Waals surface area contributed by atoms with E-state index in [-0.39, 0.29) is 12.2 Å². The number of unbranched alkanes of at least 4 members (excludes halogenated alkanes) is 9. The number of aliphatic hydroxyl groups excluding tert-OH is 3. The van der Waals surface area contributed by atoms with Crippen molar-refractivity contribution in [3.8, 4) is 0 Å². The van der Waals surface area contributed by atoms with E-state index < -0.39 is 135 Å². The van der Waals surface area contributed by atoms with E-state index in [2.05, 4.69) is 22.9 Å². The lowest BCUT2D eigenvalue weighted by molar-refractivity contribution is -0.326. The number of rotatable bonds is 27. The molecule has 21 nitrogen and oxygen atoms in total. The van der Waals surface area contributed by atoms with Gasteiger partial charge >= 0.3 is 26.0 Å². The number of aliphatic hydroxyl groups is 3. The fraction of sp³-hybridized carbons (Fsp3) is 0.628. The molecular formula is C43H61ClF3N4O17P. The zero-order valence-corrected chi connectivity index (χ0v) is 39.5. The van der Waals surface area contributed by atoms with Gasteiger partial charge in [-0.25, -0.2) is 14.2 Å². The van der Waals surface area contributed by atoms with E-state index in [1.807, 2.05) is 0 Å². The molecule has 11 unspecified atom stereocenters. The highest BCUT2D eigenvalue weighted by Crippen LogP contribution is 2.47. The summed E-state index contributed by atoms with van der Waals surface area (Å²) in [5.74, 6) is -3.74. The summed E-state index contributed by atoms with van der Waals surface area (Å²) >= 11 is 5.74. The van der Waals surface area contributed by atoms with Crippen LogP contribution in [0.2, 0.25) is 5.02 Å². The minimum Gasteiger partial charge on any atom is -0.479 e. The van der Waals surface area contributed by atoms with Crippen molar-refractivity contribution in [1.29, 1.82) is 0 Å². The molecule has 69 heavy (non-hydrogen) atoms. The van der Waals surface area contributed by atoms with Crippen LogP contribution in [0.25, 0.3) is 0 Å². The van der Waals surface area contributed by atoms with E-state index in [0.717, 1.165) is 64.2 Å². The number of benzene rings is 2. The molecule has 0 radical (unpaired) electrons. The van der Waals surface area contributed by atoms with Crippen LogP contribution in [0.3, 0.4) is 0 Å². The van der Waals surface area contributed by atoms with Crippen LogP contribution >= 0.6 is 19.4 Å². The van der Waals surface area contributed by atoms with Gasteiger partial charge in [0.15, 0.2) is 24.8 Å². The number of phosphoric acid groups is 1. The van der Waals surface area contributed by atoms with Crippen LogP contribution in [-0.4, -0.2) is 143 Å². The van der Waals surface area contributed by atoms with Gasteiger partial charge in [0.05, 0.1) is 29.8 Å². The van der Waals surface area contributed by atoms with Crippen molar-refractivity contribution in [3.63, 3.8) is 0 Å². The number of nitrogens with one attached hydrogen (secondary N) is 3. The molecule has 2 fully saturated rings. The fourth-order valence-electron chi connectivity index (χ4n) is 7.54. The summed E-state index contributed by atoms with van der Waals surface area (Å²) < 4.78 is 93.7. The fourth-order valence-corrected chi connectivity index (χ4v) is 8.58. The number of hydrogen-bond acceptors (Lipinski definition) is 15. The third kappa shape index (κ3) is 17.4. The number of hydrogen-bond donors (Lipinski definition) is 9. The number of carboxylic acid groups (broad SMARTS) is 1. The first-order valence-corrected chi connectivity index (χ1v) is 24.1. The summed E-state index contributed by atoms with van der Waals surface area (Å²) in [6.45, 7) is 0.0614. The number of phosphoric ester groups is 1. The van der Waals surface area contributed by atoms with Gasteiger partial charge in [-0.1, -0.05) is 94.5 Å². The second-order valence-electron chi connectivity index (χ2n) is 16.3. The Labute approximate surface area is 401 Å². The average Bonchev–Trinajstić information content (AvgIpc) is 3.29. The molecule has 388 valence electrons. The SMILES string of the molecule is CCCCCCCCCCCCO[C@H](COP(=O)(O)OC1OC(C(N)=O)C(OC)C(NC(=O)Nc2ccc(Cl)c(C(F)(F)F)c2)C1OC1OC(CO)C(O)C(O)C1NC(=O)c1ccccc1)C(=O)O. The van der Waals surface area contributed by atoms with E-state index in [1.165, 1.54) is 37.1 Å². The van der Waals surface area contributed by atoms with E-state index in [1.54, 1.807) is 6.07 Å². The monoisotopic (exact) mass is 1030 g/mol. The first-order chi connectivity index (χ1) is 32.7. The van der Waals surface area contributed by atoms with Gasteiger partial charge in [0.1, 0.15) is 36.6 Å². The molecule has 2 aromatic carbocycles. The minimum atomic E-state index is -5.59. The number of primary amides is 1. The van der Waals surface area contributed by atoms with Gasteiger partial charge < -0.3 is 70.7 Å². The van der Waals surface area contributed by atoms with E-state index in [0.29, 0.717) is 12.5 Å². The Morgan fingerprint density at radius 2 is 1.52 bits per heavy atom. The molecule has 12 atom stereocenters. The lowest BCUT2D eigenvalue weighted by Crippen LogP contribution is -2.71. The van der Waals surface area contributed by atoms with E-state index in [9.17, 15) is 62.2 Å². The number of carbonyl (C=O) groups is 4. The maximum Gasteiger partial charge on any atom is 0.474 e. The predicted octanol–water partition coefficient (Wildman–Crippen LogP) is 4.22. The van der Waals surface area contributed by atoms with Gasteiger partial charge in [-0.3, -0.25) is 18.6 Å². The molecule has 0 aliphatic carbocycles. The summed E-state index contributed by atoms with van der Waals surface area (Å²) in [6.07, 6.45) is -12.6. The summed E-state index contributed by atoms with van der Waals surface area (Å²) in [7, 11) is -4.58. The summed E-state index contributed by atoms with van der Waals surface area (Å²) in [5, 5.41) is 48.3. The lowest BCUT2D eigenvalue weighted by Gasteiger charge is -2.48. The third-order valence-electron chi connectivity index (χ3n) is 11.2. The maximum absolute atomic E-state index is 13.7. The number of nitrogens with two attached hydrogens (primary N) is 1. The number of alkyl halides is 3. The Kier molecular flexibility index (Phi) is 23.0. The highest BCUT2D eigenvalue weighted by Gasteiger charge is 2.56. The molecule has 0 aromatic heterocycles. The maximum atomic E-state index is 13.7. The Morgan fingerprint density at radius 3 is 2.10 bits per heavy atom. The smallest absolute Gasteiger partial charge is 0.474 e. The number of aliphatic carboxylic acids is 1. The largest absolute Gasteiger partial charge is 0.479 e. The molecule has 2 aliphatic heterocycles. The topological polar surface area (TPSA) is 313 Å². The molecule has 10 N–H and O–H groups in total. The zero-order chi connectivity index (χ0) is 50.9. The van der Waals surface area contributed by atoms with Crippen LogP contribution in [-0.2, 0) is 53.1 Å². The molecule has 2 saturated heterocycles. The molecular weight excluding hydrogens is 968 g/mol. The molecule has 0 saturated carbocycles. The van der Waals surface area contributed by atoms with Crippen LogP contribution in [0.4, 0.5) is 23.7 Å². The Hall–Kier alpha value is -4.01.